The summed E-state index contributed by atoms with van der Waals surface area (Å²) < 4.78 is 0. The Bertz CT molecular complexity index is 786. The number of nitrogens with one attached hydrogen (secondary N) is 2. The van der Waals surface area contributed by atoms with Crippen LogP contribution in [0.4, 0.5) is 0 Å². The van der Waals surface area contributed by atoms with Crippen LogP contribution in [0.5, 0.6) is 0 Å². The van der Waals surface area contributed by atoms with Crippen molar-refractivity contribution in [1.82, 2.24) is 15.3 Å². The average molecular weight is 306 g/mol. The molecule has 0 radical (unpaired) electrons. The summed E-state index contributed by atoms with van der Waals surface area (Å²) in [6.45, 7) is 1.83. The van der Waals surface area contributed by atoms with E-state index in [1.54, 1.807) is 6.20 Å². The third kappa shape index (κ3) is 2.96. The van der Waals surface area contributed by atoms with E-state index in [2.05, 4.69) is 26.5 Å². The van der Waals surface area contributed by atoms with Gasteiger partial charge in [-0.2, -0.15) is 0 Å². The second kappa shape index (κ2) is 6.22. The minimum atomic E-state index is 0.139. The van der Waals surface area contributed by atoms with Crippen molar-refractivity contribution in [3.05, 3.63) is 66.1 Å². The molecule has 1 aliphatic rings. The van der Waals surface area contributed by atoms with E-state index in [9.17, 15) is 0 Å². The largest absolute Gasteiger partial charge is 0.391 e. The van der Waals surface area contributed by atoms with Gasteiger partial charge in [0.15, 0.2) is 0 Å². The summed E-state index contributed by atoms with van der Waals surface area (Å²) in [6, 6.07) is 14.2. The fourth-order valence-electron chi connectivity index (χ4n) is 2.80. The lowest BCUT2D eigenvalue weighted by atomic mass is 10.1. The monoisotopic (exact) mass is 306 g/mol. The molecule has 2 aromatic heterocycles. The van der Waals surface area contributed by atoms with Gasteiger partial charge in [-0.25, -0.2) is 0 Å². The number of fused-ring (bicyclic) bond motifs is 1. The molecule has 1 fully saturated rings. The smallest absolute Gasteiger partial charge is 0.141 e. The molecule has 1 aliphatic heterocycles. The molecule has 2 N–H and O–H groups in total. The fourth-order valence-corrected chi connectivity index (χ4v) is 2.80. The minimum Gasteiger partial charge on any atom is -0.391 e. The van der Waals surface area contributed by atoms with Crippen LogP contribution in [0, 0.1) is 0 Å². The quantitative estimate of drug-likeness (QED) is 0.575. The number of benzene rings is 1. The van der Waals surface area contributed by atoms with Crippen molar-refractivity contribution >= 4 is 16.6 Å². The van der Waals surface area contributed by atoms with Crippen LogP contribution in [-0.2, 0) is 4.84 Å². The van der Waals surface area contributed by atoms with Crippen molar-refractivity contribution in [2.45, 2.75) is 12.5 Å². The van der Waals surface area contributed by atoms with Crippen molar-refractivity contribution < 1.29 is 4.84 Å². The number of rotatable bonds is 4. The van der Waals surface area contributed by atoms with Crippen molar-refractivity contribution in [2.24, 2.45) is 5.16 Å². The van der Waals surface area contributed by atoms with Crippen molar-refractivity contribution in [3.63, 3.8) is 0 Å². The fraction of sp³-hybridized carbons (Fsp3) is 0.222. The van der Waals surface area contributed by atoms with E-state index in [-0.39, 0.29) is 6.10 Å². The number of hydrogen-bond acceptors (Lipinski definition) is 4. The Balaban J connectivity index is 1.73. The number of nitrogens with zero attached hydrogens (tertiary/aromatic N) is 2. The van der Waals surface area contributed by atoms with E-state index in [0.717, 1.165) is 47.4 Å². The van der Waals surface area contributed by atoms with Crippen molar-refractivity contribution in [2.75, 3.05) is 13.1 Å². The van der Waals surface area contributed by atoms with Crippen molar-refractivity contribution in [1.29, 1.82) is 0 Å². The second-order valence-electron chi connectivity index (χ2n) is 5.67. The number of oxime groups is 1. The highest BCUT2D eigenvalue weighted by atomic mass is 16.6. The first-order chi connectivity index (χ1) is 11.4. The molecular formula is C18H18N4O. The summed E-state index contributed by atoms with van der Waals surface area (Å²) in [7, 11) is 0. The highest BCUT2D eigenvalue weighted by Crippen LogP contribution is 2.18. The van der Waals surface area contributed by atoms with Crippen LogP contribution in [0.2, 0.25) is 0 Å². The standard InChI is InChI=1S/C18H18N4O/c1-2-4-13(5-3-1)18(22-23-15-7-9-19-11-15)16-10-14-6-8-20-12-17(14)21-16/h1-6,8,10,12,15,19,21H,7,9,11H2. The molecular weight excluding hydrogens is 288 g/mol. The lowest BCUT2D eigenvalue weighted by Gasteiger charge is -2.09. The Morgan fingerprint density at radius 1 is 1.22 bits per heavy atom. The predicted octanol–water partition coefficient (Wildman–Crippen LogP) is 2.69. The van der Waals surface area contributed by atoms with Gasteiger partial charge in [0.1, 0.15) is 11.8 Å². The molecule has 0 spiro atoms. The first-order valence-electron chi connectivity index (χ1n) is 7.83. The number of H-pyrrole nitrogens is 1. The molecule has 0 bridgehead atoms. The van der Waals surface area contributed by atoms with Crippen LogP contribution >= 0.6 is 0 Å². The zero-order chi connectivity index (χ0) is 15.5. The number of pyridine rings is 1. The van der Waals surface area contributed by atoms with E-state index in [4.69, 9.17) is 4.84 Å². The summed E-state index contributed by atoms with van der Waals surface area (Å²) in [4.78, 5) is 13.3. The summed E-state index contributed by atoms with van der Waals surface area (Å²) >= 11 is 0. The Morgan fingerprint density at radius 3 is 2.91 bits per heavy atom. The molecule has 116 valence electrons. The van der Waals surface area contributed by atoms with Crippen molar-refractivity contribution in [3.8, 4) is 0 Å². The third-order valence-electron chi connectivity index (χ3n) is 4.03. The van der Waals surface area contributed by atoms with Gasteiger partial charge in [-0.3, -0.25) is 4.98 Å². The van der Waals surface area contributed by atoms with Gasteiger partial charge in [-0.1, -0.05) is 35.5 Å². The molecule has 3 heterocycles. The number of aromatic amines is 1. The summed E-state index contributed by atoms with van der Waals surface area (Å²) in [6.07, 6.45) is 4.74. The molecule has 0 amide bonds. The maximum atomic E-state index is 5.76. The van der Waals surface area contributed by atoms with Crippen LogP contribution in [0.25, 0.3) is 10.9 Å². The second-order valence-corrected chi connectivity index (χ2v) is 5.67. The predicted molar refractivity (Wildman–Crippen MR) is 90.5 cm³/mol. The Kier molecular flexibility index (Phi) is 3.78. The lowest BCUT2D eigenvalue weighted by Crippen LogP contribution is -2.16. The Hall–Kier alpha value is -2.66. The van der Waals surface area contributed by atoms with Gasteiger partial charge in [-0.15, -0.1) is 0 Å². The molecule has 1 atom stereocenters. The highest BCUT2D eigenvalue weighted by Gasteiger charge is 2.17. The van der Waals surface area contributed by atoms with Gasteiger partial charge in [0.25, 0.3) is 0 Å². The topological polar surface area (TPSA) is 62.3 Å². The van der Waals surface area contributed by atoms with Gasteiger partial charge >= 0.3 is 0 Å². The molecule has 4 rings (SSSR count). The van der Waals surface area contributed by atoms with E-state index in [0.29, 0.717) is 0 Å². The van der Waals surface area contributed by atoms with E-state index >= 15 is 0 Å². The zero-order valence-electron chi connectivity index (χ0n) is 12.7. The molecule has 23 heavy (non-hydrogen) atoms. The third-order valence-corrected chi connectivity index (χ3v) is 4.03. The van der Waals surface area contributed by atoms with E-state index in [1.165, 1.54) is 0 Å². The molecule has 1 saturated heterocycles. The maximum Gasteiger partial charge on any atom is 0.141 e. The Morgan fingerprint density at radius 2 is 2.13 bits per heavy atom. The average Bonchev–Trinajstić information content (AvgIpc) is 3.25. The minimum absolute atomic E-state index is 0.139. The van der Waals surface area contributed by atoms with Crippen LogP contribution in [0.3, 0.4) is 0 Å². The number of hydrogen-bond donors (Lipinski definition) is 2. The van der Waals surface area contributed by atoms with E-state index in [1.807, 2.05) is 42.6 Å². The molecule has 1 aromatic carbocycles. The van der Waals surface area contributed by atoms with Gasteiger partial charge in [0.2, 0.25) is 0 Å². The zero-order valence-corrected chi connectivity index (χ0v) is 12.7. The normalized spacial score (nSPS) is 18.4. The maximum absolute atomic E-state index is 5.76. The SMILES string of the molecule is c1ccc(C(=NOC2CCNC2)c2cc3ccncc3[nH]2)cc1. The van der Waals surface area contributed by atoms with Crippen LogP contribution < -0.4 is 5.32 Å². The summed E-state index contributed by atoms with van der Waals surface area (Å²) in [5.41, 5.74) is 3.77. The molecule has 0 aliphatic carbocycles. The van der Waals surface area contributed by atoms with Gasteiger partial charge in [0, 0.05) is 30.1 Å². The van der Waals surface area contributed by atoms with Gasteiger partial charge in [0.05, 0.1) is 17.4 Å². The molecule has 3 aromatic rings. The van der Waals surface area contributed by atoms with Gasteiger partial charge < -0.3 is 15.1 Å². The molecule has 5 nitrogen and oxygen atoms in total. The van der Waals surface area contributed by atoms with E-state index < -0.39 is 0 Å². The van der Waals surface area contributed by atoms with Crippen LogP contribution in [-0.4, -0.2) is 34.9 Å². The molecule has 5 heteroatoms. The van der Waals surface area contributed by atoms with Crippen LogP contribution in [0.15, 0.2) is 60.0 Å². The van der Waals surface area contributed by atoms with Gasteiger partial charge in [-0.05, 0) is 18.7 Å². The highest BCUT2D eigenvalue weighted by molar-refractivity contribution is 6.13. The van der Waals surface area contributed by atoms with Crippen LogP contribution in [0.1, 0.15) is 17.7 Å². The first-order valence-corrected chi connectivity index (χ1v) is 7.83. The molecule has 0 saturated carbocycles. The Labute approximate surface area is 134 Å². The lowest BCUT2D eigenvalue weighted by molar-refractivity contribution is 0.0738. The summed E-state index contributed by atoms with van der Waals surface area (Å²) in [5.74, 6) is 0. The first kappa shape index (κ1) is 14.0. The number of aromatic nitrogens is 2. The summed E-state index contributed by atoms with van der Waals surface area (Å²) in [5, 5.41) is 8.87. The molecule has 1 unspecified atom stereocenters.